The number of terminal acetylenes is 1. The van der Waals surface area contributed by atoms with Gasteiger partial charge in [-0.05, 0) is 19.3 Å². The second-order valence-electron chi connectivity index (χ2n) is 4.84. The Hall–Kier alpha value is -1.83. The van der Waals surface area contributed by atoms with E-state index in [9.17, 15) is 14.4 Å². The highest BCUT2D eigenvalue weighted by Gasteiger charge is 2.58. The fraction of sp³-hybridized carbons (Fsp3) is 0.615. The van der Waals surface area contributed by atoms with Gasteiger partial charge in [0.15, 0.2) is 0 Å². The number of nitrogens with zero attached hydrogens (tertiary/aromatic N) is 1. The van der Waals surface area contributed by atoms with Gasteiger partial charge in [-0.3, -0.25) is 19.8 Å². The number of rotatable bonds is 3. The van der Waals surface area contributed by atoms with Crippen LogP contribution < -0.4 is 5.32 Å². The molecule has 0 aromatic rings. The van der Waals surface area contributed by atoms with Crippen molar-refractivity contribution in [3.05, 3.63) is 0 Å². The van der Waals surface area contributed by atoms with Gasteiger partial charge in [0.1, 0.15) is 5.41 Å². The summed E-state index contributed by atoms with van der Waals surface area (Å²) in [6.45, 7) is 1.87. The average Bonchev–Trinajstić information content (AvgIpc) is 2.25. The lowest BCUT2D eigenvalue weighted by Crippen LogP contribution is -2.67. The summed E-state index contributed by atoms with van der Waals surface area (Å²) in [5.41, 5.74) is -1.00. The zero-order valence-electron chi connectivity index (χ0n) is 10.4. The molecule has 2 aliphatic rings. The number of urea groups is 1. The molecule has 0 aromatic heterocycles. The number of hydrogen-bond donors (Lipinski definition) is 1. The highest BCUT2D eigenvalue weighted by Crippen LogP contribution is 2.45. The number of nitrogens with one attached hydrogen (secondary N) is 1. The third-order valence-corrected chi connectivity index (χ3v) is 3.90. The molecular weight excluding hydrogens is 232 g/mol. The highest BCUT2D eigenvalue weighted by atomic mass is 16.2. The summed E-state index contributed by atoms with van der Waals surface area (Å²) in [5, 5.41) is 2.28. The summed E-state index contributed by atoms with van der Waals surface area (Å²) in [4.78, 5) is 37.2. The van der Waals surface area contributed by atoms with Gasteiger partial charge in [-0.1, -0.05) is 13.3 Å². The molecule has 96 valence electrons. The van der Waals surface area contributed by atoms with Gasteiger partial charge in [0.05, 0.1) is 6.04 Å². The standard InChI is InChI=1S/C13H16N2O3/c1-3-6-9(4-2)15-11(17)13(7-5-8-13)10(16)14-12(15)18/h1,9H,4-8H2,2H3,(H,14,16,18). The molecule has 1 unspecified atom stereocenters. The molecule has 1 aliphatic heterocycles. The predicted octanol–water partition coefficient (Wildman–Crippen LogP) is 1.04. The summed E-state index contributed by atoms with van der Waals surface area (Å²) in [6, 6.07) is -0.960. The van der Waals surface area contributed by atoms with E-state index < -0.39 is 17.4 Å². The van der Waals surface area contributed by atoms with E-state index in [1.54, 1.807) is 0 Å². The van der Waals surface area contributed by atoms with Gasteiger partial charge in [0.25, 0.3) is 0 Å². The molecule has 18 heavy (non-hydrogen) atoms. The lowest BCUT2D eigenvalue weighted by atomic mass is 9.66. The Morgan fingerprint density at radius 3 is 2.56 bits per heavy atom. The first kappa shape index (κ1) is 12.6. The van der Waals surface area contributed by atoms with E-state index >= 15 is 0 Å². The molecule has 0 bridgehead atoms. The molecule has 2 fully saturated rings. The lowest BCUT2D eigenvalue weighted by Gasteiger charge is -2.46. The van der Waals surface area contributed by atoms with E-state index in [4.69, 9.17) is 6.42 Å². The van der Waals surface area contributed by atoms with Crippen molar-refractivity contribution in [1.29, 1.82) is 0 Å². The largest absolute Gasteiger partial charge is 0.331 e. The molecular formula is C13H16N2O3. The maximum absolute atomic E-state index is 12.4. The van der Waals surface area contributed by atoms with Gasteiger partial charge in [-0.15, -0.1) is 12.3 Å². The first-order chi connectivity index (χ1) is 8.56. The van der Waals surface area contributed by atoms with Gasteiger partial charge in [0, 0.05) is 6.42 Å². The van der Waals surface area contributed by atoms with Crippen LogP contribution in [0.1, 0.15) is 39.0 Å². The third-order valence-electron chi connectivity index (χ3n) is 3.90. The Morgan fingerprint density at radius 1 is 1.44 bits per heavy atom. The average molecular weight is 248 g/mol. The smallest absolute Gasteiger partial charge is 0.277 e. The second-order valence-corrected chi connectivity index (χ2v) is 4.84. The number of carbonyl (C=O) groups excluding carboxylic acids is 3. The number of hydrogen-bond acceptors (Lipinski definition) is 3. The molecule has 1 saturated heterocycles. The Bertz CT molecular complexity index is 446. The van der Waals surface area contributed by atoms with Crippen molar-refractivity contribution in [2.75, 3.05) is 0 Å². The molecule has 5 nitrogen and oxygen atoms in total. The van der Waals surface area contributed by atoms with Gasteiger partial charge < -0.3 is 0 Å². The van der Waals surface area contributed by atoms with Crippen molar-refractivity contribution in [1.82, 2.24) is 10.2 Å². The van der Waals surface area contributed by atoms with Crippen molar-refractivity contribution in [2.24, 2.45) is 5.41 Å². The summed E-state index contributed by atoms with van der Waals surface area (Å²) < 4.78 is 0. The molecule has 1 N–H and O–H groups in total. The van der Waals surface area contributed by atoms with Crippen LogP contribution in [0.4, 0.5) is 4.79 Å². The zero-order chi connectivity index (χ0) is 13.3. The maximum Gasteiger partial charge on any atom is 0.331 e. The highest BCUT2D eigenvalue weighted by molar-refractivity contribution is 6.19. The van der Waals surface area contributed by atoms with E-state index in [2.05, 4.69) is 11.2 Å². The van der Waals surface area contributed by atoms with Crippen molar-refractivity contribution in [3.63, 3.8) is 0 Å². The van der Waals surface area contributed by atoms with Crippen molar-refractivity contribution >= 4 is 17.8 Å². The Balaban J connectivity index is 2.29. The van der Waals surface area contributed by atoms with Crippen LogP contribution in [0.5, 0.6) is 0 Å². The first-order valence-corrected chi connectivity index (χ1v) is 6.19. The fourth-order valence-corrected chi connectivity index (χ4v) is 2.55. The van der Waals surface area contributed by atoms with Crippen molar-refractivity contribution < 1.29 is 14.4 Å². The minimum absolute atomic E-state index is 0.319. The predicted molar refractivity (Wildman–Crippen MR) is 64.2 cm³/mol. The molecule has 4 amide bonds. The molecule has 2 rings (SSSR count). The van der Waals surface area contributed by atoms with Crippen LogP contribution in [-0.4, -0.2) is 28.8 Å². The summed E-state index contributed by atoms with van der Waals surface area (Å²) in [7, 11) is 0. The van der Waals surface area contributed by atoms with Crippen LogP contribution in [0, 0.1) is 17.8 Å². The molecule has 1 atom stereocenters. The SMILES string of the molecule is C#CCC(CC)N1C(=O)NC(=O)C2(CCC2)C1=O. The quantitative estimate of drug-likeness (QED) is 0.599. The first-order valence-electron chi connectivity index (χ1n) is 6.19. The summed E-state index contributed by atoms with van der Waals surface area (Å²) in [6.07, 6.45) is 8.05. The van der Waals surface area contributed by atoms with Crippen molar-refractivity contribution in [3.8, 4) is 12.3 Å². The lowest BCUT2D eigenvalue weighted by molar-refractivity contribution is -0.159. The van der Waals surface area contributed by atoms with E-state index in [1.165, 1.54) is 0 Å². The van der Waals surface area contributed by atoms with Crippen LogP contribution in [0.25, 0.3) is 0 Å². The van der Waals surface area contributed by atoms with Crippen LogP contribution in [0.3, 0.4) is 0 Å². The van der Waals surface area contributed by atoms with Crippen LogP contribution in [0.15, 0.2) is 0 Å². The fourth-order valence-electron chi connectivity index (χ4n) is 2.55. The van der Waals surface area contributed by atoms with E-state index in [-0.39, 0.29) is 11.9 Å². The molecule has 1 heterocycles. The molecule has 1 saturated carbocycles. The molecule has 0 aromatic carbocycles. The Kier molecular flexibility index (Phi) is 3.12. The second kappa shape index (κ2) is 4.45. The van der Waals surface area contributed by atoms with Gasteiger partial charge in [0.2, 0.25) is 11.8 Å². The maximum atomic E-state index is 12.4. The number of imide groups is 2. The molecule has 1 spiro atoms. The topological polar surface area (TPSA) is 66.5 Å². The van der Waals surface area contributed by atoms with E-state index in [0.29, 0.717) is 25.7 Å². The van der Waals surface area contributed by atoms with E-state index in [0.717, 1.165) is 11.3 Å². The van der Waals surface area contributed by atoms with E-state index in [1.807, 2.05) is 6.92 Å². The minimum atomic E-state index is -1.00. The van der Waals surface area contributed by atoms with Gasteiger partial charge >= 0.3 is 6.03 Å². The van der Waals surface area contributed by atoms with Crippen molar-refractivity contribution in [2.45, 2.75) is 45.1 Å². The van der Waals surface area contributed by atoms with Gasteiger partial charge in [-0.2, -0.15) is 0 Å². The monoisotopic (exact) mass is 248 g/mol. The van der Waals surface area contributed by atoms with Gasteiger partial charge in [-0.25, -0.2) is 4.79 Å². The normalized spacial score (nSPS) is 23.3. The molecule has 0 radical (unpaired) electrons. The van der Waals surface area contributed by atoms with Crippen LogP contribution >= 0.6 is 0 Å². The zero-order valence-corrected chi connectivity index (χ0v) is 10.4. The Labute approximate surface area is 106 Å². The summed E-state index contributed by atoms with van der Waals surface area (Å²) in [5.74, 6) is 1.65. The Morgan fingerprint density at radius 2 is 2.11 bits per heavy atom. The van der Waals surface area contributed by atoms with Crippen LogP contribution in [-0.2, 0) is 9.59 Å². The van der Waals surface area contributed by atoms with Crippen LogP contribution in [0.2, 0.25) is 0 Å². The molecule has 5 heteroatoms. The molecule has 1 aliphatic carbocycles. The number of amides is 4. The minimum Gasteiger partial charge on any atom is -0.277 e. The number of barbiturate groups is 1. The third kappa shape index (κ3) is 1.60. The number of carbonyl (C=O) groups is 3. The summed E-state index contributed by atoms with van der Waals surface area (Å²) >= 11 is 0.